The van der Waals surface area contributed by atoms with Crippen LogP contribution >= 0.6 is 15.9 Å². The highest BCUT2D eigenvalue weighted by atomic mass is 79.9. The molecular weight excluding hydrogens is 375 g/mol. The molecule has 3 aromatic rings. The molecule has 0 saturated carbocycles. The molecule has 0 atom stereocenters. The van der Waals surface area contributed by atoms with Crippen LogP contribution in [0.25, 0.3) is 11.3 Å². The van der Waals surface area contributed by atoms with Crippen molar-refractivity contribution in [2.24, 2.45) is 5.10 Å². The quantitative estimate of drug-likeness (QED) is 0.529. The first kappa shape index (κ1) is 16.1. The third-order valence-electron chi connectivity index (χ3n) is 3.21. The largest absolute Gasteiger partial charge is 0.289 e. The lowest BCUT2D eigenvalue weighted by molar-refractivity contribution is 0.0950. The maximum absolute atomic E-state index is 12.9. The first-order valence-electron chi connectivity index (χ1n) is 7.02. The fraction of sp³-hybridized carbons (Fsp3) is 0. The predicted octanol–water partition coefficient (Wildman–Crippen LogP) is 3.74. The van der Waals surface area contributed by atoms with Crippen LogP contribution in [0.15, 0.2) is 64.2 Å². The number of nitrogens with one attached hydrogen (secondary N) is 2. The van der Waals surface area contributed by atoms with E-state index in [1.807, 2.05) is 24.3 Å². The SMILES string of the molecule is O=C(N/N=C/c1ccc(Br)cc1)c1cc(-c2ccc(F)cc2)n[nH]1. The van der Waals surface area contributed by atoms with Crippen LogP contribution in [0.5, 0.6) is 0 Å². The molecule has 0 spiro atoms. The summed E-state index contributed by atoms with van der Waals surface area (Å²) in [5, 5.41) is 10.6. The molecular formula is C17H12BrFN4O. The molecule has 24 heavy (non-hydrogen) atoms. The Hall–Kier alpha value is -2.80. The van der Waals surface area contributed by atoms with Gasteiger partial charge in [-0.15, -0.1) is 0 Å². The van der Waals surface area contributed by atoms with Crippen LogP contribution in [0.4, 0.5) is 4.39 Å². The van der Waals surface area contributed by atoms with Crippen molar-refractivity contribution in [1.82, 2.24) is 15.6 Å². The molecule has 1 aromatic heterocycles. The highest BCUT2D eigenvalue weighted by molar-refractivity contribution is 9.10. The molecule has 7 heteroatoms. The molecule has 2 aromatic carbocycles. The zero-order valence-electron chi connectivity index (χ0n) is 12.3. The molecule has 2 N–H and O–H groups in total. The van der Waals surface area contributed by atoms with Gasteiger partial charge >= 0.3 is 0 Å². The Morgan fingerprint density at radius 1 is 1.17 bits per heavy atom. The van der Waals surface area contributed by atoms with Crippen molar-refractivity contribution in [3.63, 3.8) is 0 Å². The summed E-state index contributed by atoms with van der Waals surface area (Å²) in [6, 6.07) is 14.9. The lowest BCUT2D eigenvalue weighted by Gasteiger charge is -1.96. The van der Waals surface area contributed by atoms with Crippen LogP contribution < -0.4 is 5.43 Å². The molecule has 120 valence electrons. The number of halogens is 2. The first-order chi connectivity index (χ1) is 11.6. The molecule has 1 amide bonds. The molecule has 0 radical (unpaired) electrons. The fourth-order valence-electron chi connectivity index (χ4n) is 1.98. The van der Waals surface area contributed by atoms with Gasteiger partial charge in [0.2, 0.25) is 0 Å². The van der Waals surface area contributed by atoms with E-state index in [-0.39, 0.29) is 11.5 Å². The van der Waals surface area contributed by atoms with Gasteiger partial charge in [-0.3, -0.25) is 9.89 Å². The Morgan fingerprint density at radius 3 is 2.58 bits per heavy atom. The van der Waals surface area contributed by atoms with E-state index >= 15 is 0 Å². The van der Waals surface area contributed by atoms with Gasteiger partial charge in [-0.05, 0) is 48.0 Å². The number of hydrogen-bond acceptors (Lipinski definition) is 3. The zero-order valence-corrected chi connectivity index (χ0v) is 13.9. The second-order valence-corrected chi connectivity index (χ2v) is 5.84. The van der Waals surface area contributed by atoms with Crippen molar-refractivity contribution in [2.45, 2.75) is 0 Å². The number of rotatable bonds is 4. The van der Waals surface area contributed by atoms with E-state index in [0.717, 1.165) is 10.0 Å². The zero-order chi connectivity index (χ0) is 16.9. The molecule has 0 saturated heterocycles. The number of aromatic amines is 1. The average molecular weight is 387 g/mol. The van der Waals surface area contributed by atoms with Gasteiger partial charge in [-0.1, -0.05) is 28.1 Å². The van der Waals surface area contributed by atoms with E-state index < -0.39 is 5.91 Å². The van der Waals surface area contributed by atoms with E-state index in [1.54, 1.807) is 24.4 Å². The molecule has 0 aliphatic carbocycles. The van der Waals surface area contributed by atoms with Gasteiger partial charge in [-0.2, -0.15) is 10.2 Å². The van der Waals surface area contributed by atoms with Crippen LogP contribution in [0, 0.1) is 5.82 Å². The lowest BCUT2D eigenvalue weighted by atomic mass is 10.1. The summed E-state index contributed by atoms with van der Waals surface area (Å²) in [7, 11) is 0. The van der Waals surface area contributed by atoms with E-state index in [1.165, 1.54) is 12.1 Å². The Kier molecular flexibility index (Phi) is 4.81. The molecule has 5 nitrogen and oxygen atoms in total. The number of amides is 1. The van der Waals surface area contributed by atoms with Crippen LogP contribution in [0.3, 0.4) is 0 Å². The number of aromatic nitrogens is 2. The third-order valence-corrected chi connectivity index (χ3v) is 3.74. The summed E-state index contributed by atoms with van der Waals surface area (Å²) in [5.74, 6) is -0.737. The van der Waals surface area contributed by atoms with Crippen molar-refractivity contribution in [3.8, 4) is 11.3 Å². The van der Waals surface area contributed by atoms with Gasteiger partial charge in [0.1, 0.15) is 11.5 Å². The second kappa shape index (κ2) is 7.18. The van der Waals surface area contributed by atoms with Crippen molar-refractivity contribution in [3.05, 3.63) is 76.1 Å². The Labute approximate surface area is 145 Å². The van der Waals surface area contributed by atoms with Crippen LogP contribution in [-0.2, 0) is 0 Å². The second-order valence-electron chi connectivity index (χ2n) is 4.92. The topological polar surface area (TPSA) is 70.1 Å². The molecule has 0 unspecified atom stereocenters. The molecule has 0 fully saturated rings. The normalized spacial score (nSPS) is 10.9. The van der Waals surface area contributed by atoms with Gasteiger partial charge in [-0.25, -0.2) is 9.82 Å². The maximum Gasteiger partial charge on any atom is 0.289 e. The minimum absolute atomic E-state index is 0.266. The highest BCUT2D eigenvalue weighted by Crippen LogP contribution is 2.17. The molecule has 0 bridgehead atoms. The van der Waals surface area contributed by atoms with Gasteiger partial charge in [0.15, 0.2) is 0 Å². The summed E-state index contributed by atoms with van der Waals surface area (Å²) in [4.78, 5) is 12.0. The van der Waals surface area contributed by atoms with Gasteiger partial charge < -0.3 is 0 Å². The van der Waals surface area contributed by atoms with Gasteiger partial charge in [0.25, 0.3) is 5.91 Å². The minimum atomic E-state index is -0.413. The summed E-state index contributed by atoms with van der Waals surface area (Å²) < 4.78 is 13.9. The third kappa shape index (κ3) is 3.94. The number of carbonyl (C=O) groups is 1. The van der Waals surface area contributed by atoms with Crippen molar-refractivity contribution in [1.29, 1.82) is 0 Å². The summed E-state index contributed by atoms with van der Waals surface area (Å²) in [6.07, 6.45) is 1.54. The highest BCUT2D eigenvalue weighted by Gasteiger charge is 2.10. The van der Waals surface area contributed by atoms with Crippen LogP contribution in [0.1, 0.15) is 16.1 Å². The number of hydrazone groups is 1. The number of hydrogen-bond donors (Lipinski definition) is 2. The first-order valence-corrected chi connectivity index (χ1v) is 7.81. The number of benzene rings is 2. The Balaban J connectivity index is 1.65. The minimum Gasteiger partial charge on any atom is -0.272 e. The van der Waals surface area contributed by atoms with E-state index in [9.17, 15) is 9.18 Å². The van der Waals surface area contributed by atoms with E-state index in [4.69, 9.17) is 0 Å². The number of carbonyl (C=O) groups excluding carboxylic acids is 1. The van der Waals surface area contributed by atoms with Crippen molar-refractivity contribution < 1.29 is 9.18 Å². The van der Waals surface area contributed by atoms with Crippen LogP contribution in [0.2, 0.25) is 0 Å². The maximum atomic E-state index is 12.9. The van der Waals surface area contributed by atoms with Crippen LogP contribution in [-0.4, -0.2) is 22.3 Å². The van der Waals surface area contributed by atoms with Gasteiger partial charge in [0.05, 0.1) is 11.9 Å². The number of nitrogens with zero attached hydrogens (tertiary/aromatic N) is 2. The standard InChI is InChI=1S/C17H12BrFN4O/c18-13-5-1-11(2-6-13)10-20-23-17(24)16-9-15(21-22-16)12-3-7-14(19)8-4-12/h1-10H,(H,21,22)(H,23,24)/b20-10+. The average Bonchev–Trinajstić information content (AvgIpc) is 3.07. The van der Waals surface area contributed by atoms with E-state index in [0.29, 0.717) is 11.3 Å². The summed E-state index contributed by atoms with van der Waals surface area (Å²) in [5.41, 5.74) is 4.81. The van der Waals surface area contributed by atoms with Crippen molar-refractivity contribution in [2.75, 3.05) is 0 Å². The molecule has 1 heterocycles. The summed E-state index contributed by atoms with van der Waals surface area (Å²) >= 11 is 3.35. The Morgan fingerprint density at radius 2 is 1.88 bits per heavy atom. The van der Waals surface area contributed by atoms with E-state index in [2.05, 4.69) is 36.7 Å². The molecule has 3 rings (SSSR count). The lowest BCUT2D eigenvalue weighted by Crippen LogP contribution is -2.17. The molecule has 0 aliphatic rings. The Bertz CT molecular complexity index is 872. The predicted molar refractivity (Wildman–Crippen MR) is 93.2 cm³/mol. The monoisotopic (exact) mass is 386 g/mol. The summed E-state index contributed by atoms with van der Waals surface area (Å²) in [6.45, 7) is 0. The molecule has 0 aliphatic heterocycles. The van der Waals surface area contributed by atoms with Crippen molar-refractivity contribution >= 4 is 28.1 Å². The number of H-pyrrole nitrogens is 1. The van der Waals surface area contributed by atoms with Gasteiger partial charge in [0, 0.05) is 10.0 Å². The fourth-order valence-corrected chi connectivity index (χ4v) is 2.25. The smallest absolute Gasteiger partial charge is 0.272 e.